The zero-order valence-corrected chi connectivity index (χ0v) is 12.6. The van der Waals surface area contributed by atoms with Gasteiger partial charge in [0.05, 0.1) is 12.5 Å². The summed E-state index contributed by atoms with van der Waals surface area (Å²) in [5.41, 5.74) is 0. The first-order valence-electron chi connectivity index (χ1n) is 6.22. The predicted molar refractivity (Wildman–Crippen MR) is 73.1 cm³/mol. The Morgan fingerprint density at radius 2 is 2.11 bits per heavy atom. The molecule has 1 N–H and O–H groups in total. The zero-order chi connectivity index (χ0) is 13.0. The Morgan fingerprint density at radius 1 is 1.39 bits per heavy atom. The van der Waals surface area contributed by atoms with Crippen LogP contribution in [0.1, 0.15) is 32.1 Å². The molecule has 18 heavy (non-hydrogen) atoms. The van der Waals surface area contributed by atoms with Gasteiger partial charge in [0, 0.05) is 17.9 Å². The van der Waals surface area contributed by atoms with E-state index in [2.05, 4.69) is 25.9 Å². The Morgan fingerprint density at radius 3 is 2.67 bits per heavy atom. The molecule has 0 bridgehead atoms. The van der Waals surface area contributed by atoms with Crippen molar-refractivity contribution in [3.05, 3.63) is 12.5 Å². The van der Waals surface area contributed by atoms with E-state index in [0.29, 0.717) is 11.9 Å². The van der Waals surface area contributed by atoms with Crippen molar-refractivity contribution in [2.24, 2.45) is 0 Å². The van der Waals surface area contributed by atoms with Crippen molar-refractivity contribution in [1.82, 2.24) is 14.3 Å². The molecule has 7 heteroatoms. The number of hydrogen-bond donors (Lipinski definition) is 1. The maximum Gasteiger partial charge on any atom is 0.260 e. The first-order valence-corrected chi connectivity index (χ1v) is 8.78. The van der Waals surface area contributed by atoms with Gasteiger partial charge in [0.25, 0.3) is 10.0 Å². The van der Waals surface area contributed by atoms with Crippen LogP contribution >= 0.6 is 15.9 Å². The number of aromatic amines is 1. The van der Waals surface area contributed by atoms with Crippen LogP contribution in [0.3, 0.4) is 0 Å². The number of H-pyrrole nitrogens is 1. The first-order chi connectivity index (χ1) is 8.66. The van der Waals surface area contributed by atoms with Gasteiger partial charge in [-0.2, -0.15) is 4.31 Å². The molecule has 0 radical (unpaired) electrons. The predicted octanol–water partition coefficient (Wildman–Crippen LogP) is 2.13. The van der Waals surface area contributed by atoms with Gasteiger partial charge in [0.1, 0.15) is 0 Å². The third-order valence-electron chi connectivity index (χ3n) is 3.35. The maximum absolute atomic E-state index is 12.5. The molecule has 1 aliphatic rings. The normalized spacial score (nSPS) is 18.3. The minimum absolute atomic E-state index is 0.129. The molecule has 0 aliphatic heterocycles. The fourth-order valence-electron chi connectivity index (χ4n) is 2.46. The standard InChI is InChI=1S/C11H18BrN3O2S/c12-6-7-15(10-4-2-1-3-5-10)18(16,17)11-8-13-9-14-11/h8-10H,1-7H2,(H,13,14). The molecule has 2 rings (SSSR count). The number of halogens is 1. The molecule has 0 aromatic carbocycles. The number of alkyl halides is 1. The topological polar surface area (TPSA) is 66.1 Å². The van der Waals surface area contributed by atoms with Crippen molar-refractivity contribution in [1.29, 1.82) is 0 Å². The maximum atomic E-state index is 12.5. The van der Waals surface area contributed by atoms with E-state index in [9.17, 15) is 8.42 Å². The molecule has 1 saturated carbocycles. The van der Waals surface area contributed by atoms with Gasteiger partial charge in [-0.05, 0) is 12.8 Å². The van der Waals surface area contributed by atoms with Gasteiger partial charge >= 0.3 is 0 Å². The Labute approximate surface area is 116 Å². The molecule has 0 atom stereocenters. The second kappa shape index (κ2) is 6.16. The molecule has 1 heterocycles. The van der Waals surface area contributed by atoms with Crippen molar-refractivity contribution in [2.45, 2.75) is 43.2 Å². The number of imidazole rings is 1. The SMILES string of the molecule is O=S(=O)(c1cnc[nH]1)N(CCBr)C1CCCCC1. The van der Waals surface area contributed by atoms with E-state index < -0.39 is 10.0 Å². The molecular weight excluding hydrogens is 318 g/mol. The van der Waals surface area contributed by atoms with Gasteiger partial charge in [-0.25, -0.2) is 13.4 Å². The lowest BCUT2D eigenvalue weighted by molar-refractivity contribution is 0.262. The highest BCUT2D eigenvalue weighted by Crippen LogP contribution is 2.27. The fraction of sp³-hybridized carbons (Fsp3) is 0.727. The summed E-state index contributed by atoms with van der Waals surface area (Å²) in [6, 6.07) is 0.129. The minimum atomic E-state index is -3.43. The van der Waals surface area contributed by atoms with Crippen molar-refractivity contribution >= 4 is 26.0 Å². The molecule has 1 aliphatic carbocycles. The summed E-state index contributed by atoms with van der Waals surface area (Å²) in [6.07, 6.45) is 8.13. The summed E-state index contributed by atoms with van der Waals surface area (Å²) < 4.78 is 26.7. The van der Waals surface area contributed by atoms with Crippen LogP contribution in [0, 0.1) is 0 Å². The Hall–Kier alpha value is -0.400. The second-order valence-corrected chi connectivity index (χ2v) is 7.16. The summed E-state index contributed by atoms with van der Waals surface area (Å²) >= 11 is 3.34. The molecule has 5 nitrogen and oxygen atoms in total. The van der Waals surface area contributed by atoms with Crippen LogP contribution in [0.2, 0.25) is 0 Å². The van der Waals surface area contributed by atoms with Gasteiger partial charge in [-0.1, -0.05) is 35.2 Å². The Balaban J connectivity index is 2.23. The van der Waals surface area contributed by atoms with Crippen molar-refractivity contribution in [3.8, 4) is 0 Å². The van der Waals surface area contributed by atoms with E-state index in [4.69, 9.17) is 0 Å². The molecule has 0 amide bonds. The lowest BCUT2D eigenvalue weighted by atomic mass is 9.95. The molecule has 1 aromatic rings. The third kappa shape index (κ3) is 2.95. The van der Waals surface area contributed by atoms with Crippen LogP contribution in [0.4, 0.5) is 0 Å². The molecule has 102 valence electrons. The zero-order valence-electron chi connectivity index (χ0n) is 10.2. The summed E-state index contributed by atoms with van der Waals surface area (Å²) in [5, 5.41) is 0.839. The van der Waals surface area contributed by atoms with E-state index in [1.807, 2.05) is 0 Å². The van der Waals surface area contributed by atoms with Gasteiger partial charge < -0.3 is 4.98 Å². The average Bonchev–Trinajstić information content (AvgIpc) is 2.91. The molecule has 0 unspecified atom stereocenters. The van der Waals surface area contributed by atoms with Gasteiger partial charge in [0.15, 0.2) is 5.03 Å². The van der Waals surface area contributed by atoms with E-state index in [1.165, 1.54) is 18.9 Å². The summed E-state index contributed by atoms with van der Waals surface area (Å²) in [4.78, 5) is 6.50. The quantitative estimate of drug-likeness (QED) is 0.838. The Kier molecular flexibility index (Phi) is 4.80. The summed E-state index contributed by atoms with van der Waals surface area (Å²) in [7, 11) is -3.43. The minimum Gasteiger partial charge on any atom is -0.335 e. The third-order valence-corrected chi connectivity index (χ3v) is 5.58. The van der Waals surface area contributed by atoms with Crippen LogP contribution in [-0.2, 0) is 10.0 Å². The first kappa shape index (κ1) is 14.0. The highest BCUT2D eigenvalue weighted by molar-refractivity contribution is 9.09. The number of aromatic nitrogens is 2. The number of sulfonamides is 1. The summed E-state index contributed by atoms with van der Waals surface area (Å²) in [5.74, 6) is 0. The molecule has 0 saturated heterocycles. The van der Waals surface area contributed by atoms with Gasteiger partial charge in [0.2, 0.25) is 0 Å². The molecule has 1 aromatic heterocycles. The smallest absolute Gasteiger partial charge is 0.260 e. The molecule has 1 fully saturated rings. The van der Waals surface area contributed by atoms with Gasteiger partial charge in [-0.3, -0.25) is 0 Å². The summed E-state index contributed by atoms with van der Waals surface area (Å²) in [6.45, 7) is 0.506. The van der Waals surface area contributed by atoms with Crippen LogP contribution in [0.5, 0.6) is 0 Å². The molecular formula is C11H18BrN3O2S. The fourth-order valence-corrected chi connectivity index (χ4v) is 4.66. The van der Waals surface area contributed by atoms with E-state index in [0.717, 1.165) is 25.7 Å². The average molecular weight is 336 g/mol. The van der Waals surface area contributed by atoms with E-state index in [-0.39, 0.29) is 11.1 Å². The largest absolute Gasteiger partial charge is 0.335 e. The highest BCUT2D eigenvalue weighted by Gasteiger charge is 2.32. The van der Waals surface area contributed by atoms with Crippen molar-refractivity contribution < 1.29 is 8.42 Å². The van der Waals surface area contributed by atoms with Crippen molar-refractivity contribution in [2.75, 3.05) is 11.9 Å². The number of rotatable bonds is 5. The highest BCUT2D eigenvalue weighted by atomic mass is 79.9. The van der Waals surface area contributed by atoms with Crippen LogP contribution in [-0.4, -0.2) is 40.6 Å². The second-order valence-electron chi connectivity index (χ2n) is 4.51. The van der Waals surface area contributed by atoms with Crippen LogP contribution in [0.25, 0.3) is 0 Å². The lowest BCUT2D eigenvalue weighted by Crippen LogP contribution is -2.42. The lowest BCUT2D eigenvalue weighted by Gasteiger charge is -2.32. The van der Waals surface area contributed by atoms with Crippen LogP contribution in [0.15, 0.2) is 17.6 Å². The Bertz CT molecular complexity index is 455. The number of nitrogens with zero attached hydrogens (tertiary/aromatic N) is 2. The van der Waals surface area contributed by atoms with Crippen LogP contribution < -0.4 is 0 Å². The monoisotopic (exact) mass is 335 g/mol. The van der Waals surface area contributed by atoms with E-state index >= 15 is 0 Å². The van der Waals surface area contributed by atoms with Gasteiger partial charge in [-0.15, -0.1) is 0 Å². The number of hydrogen-bond acceptors (Lipinski definition) is 3. The van der Waals surface area contributed by atoms with E-state index in [1.54, 1.807) is 4.31 Å². The van der Waals surface area contributed by atoms with Crippen molar-refractivity contribution in [3.63, 3.8) is 0 Å². The number of nitrogens with one attached hydrogen (secondary N) is 1. The molecule has 0 spiro atoms.